The number of aromatic hydroxyl groups is 1. The van der Waals surface area contributed by atoms with Crippen LogP contribution in [0.2, 0.25) is 0 Å². The standard InChI is InChI=1S/C16H19N3O3/c1-19-9-11(16(18-19)22-2)8-17-15(21)12-7-6-10-4-3-5-13(20)14(10)12/h3-5,9,12,20H,6-8H2,1-2H3,(H,17,21)/t12-/m1/s1. The molecule has 6 heteroatoms. The van der Waals surface area contributed by atoms with Gasteiger partial charge in [-0.15, -0.1) is 5.10 Å². The van der Waals surface area contributed by atoms with Crippen molar-refractivity contribution in [2.75, 3.05) is 7.11 Å². The Morgan fingerprint density at radius 3 is 3.14 bits per heavy atom. The van der Waals surface area contributed by atoms with Crippen molar-refractivity contribution in [1.82, 2.24) is 15.1 Å². The molecule has 1 atom stereocenters. The largest absolute Gasteiger partial charge is 0.508 e. The summed E-state index contributed by atoms with van der Waals surface area (Å²) in [4.78, 5) is 12.4. The molecular weight excluding hydrogens is 282 g/mol. The third-order valence-corrected chi connectivity index (χ3v) is 4.05. The molecule has 1 aromatic heterocycles. The van der Waals surface area contributed by atoms with E-state index in [2.05, 4.69) is 10.4 Å². The number of carbonyl (C=O) groups excluding carboxylic acids is 1. The molecule has 0 spiro atoms. The van der Waals surface area contributed by atoms with Crippen molar-refractivity contribution >= 4 is 5.91 Å². The van der Waals surface area contributed by atoms with Crippen molar-refractivity contribution in [3.8, 4) is 11.6 Å². The number of aryl methyl sites for hydroxylation is 2. The Hall–Kier alpha value is -2.50. The van der Waals surface area contributed by atoms with Crippen LogP contribution in [0.1, 0.15) is 29.0 Å². The summed E-state index contributed by atoms with van der Waals surface area (Å²) in [5, 5.41) is 17.1. The number of phenolic OH excluding ortho intramolecular Hbond substituents is 1. The molecule has 22 heavy (non-hydrogen) atoms. The van der Waals surface area contributed by atoms with Crippen molar-refractivity contribution < 1.29 is 14.6 Å². The smallest absolute Gasteiger partial charge is 0.237 e. The summed E-state index contributed by atoms with van der Waals surface area (Å²) in [6, 6.07) is 5.41. The summed E-state index contributed by atoms with van der Waals surface area (Å²) >= 11 is 0. The van der Waals surface area contributed by atoms with Gasteiger partial charge in [-0.1, -0.05) is 12.1 Å². The second kappa shape index (κ2) is 5.71. The SMILES string of the molecule is COc1nn(C)cc1CNC(=O)[C@@H]1CCc2cccc(O)c21. The number of phenols is 1. The second-order valence-electron chi connectivity index (χ2n) is 5.50. The predicted octanol–water partition coefficient (Wildman–Crippen LogP) is 1.48. The number of nitrogens with zero attached hydrogens (tertiary/aromatic N) is 2. The van der Waals surface area contributed by atoms with E-state index in [0.29, 0.717) is 12.4 Å². The van der Waals surface area contributed by atoms with E-state index >= 15 is 0 Å². The molecule has 0 fully saturated rings. The number of fused-ring (bicyclic) bond motifs is 1. The van der Waals surface area contributed by atoms with Gasteiger partial charge in [0, 0.05) is 25.4 Å². The number of ether oxygens (including phenoxy) is 1. The Morgan fingerprint density at radius 1 is 1.55 bits per heavy atom. The second-order valence-corrected chi connectivity index (χ2v) is 5.50. The monoisotopic (exact) mass is 301 g/mol. The first kappa shape index (κ1) is 14.4. The highest BCUT2D eigenvalue weighted by Crippen LogP contribution is 2.38. The van der Waals surface area contributed by atoms with Gasteiger partial charge in [-0.25, -0.2) is 0 Å². The molecule has 3 rings (SSSR count). The molecule has 0 saturated carbocycles. The maximum Gasteiger partial charge on any atom is 0.237 e. The van der Waals surface area contributed by atoms with Gasteiger partial charge in [0.1, 0.15) is 5.75 Å². The van der Waals surface area contributed by atoms with Crippen LogP contribution in [0.3, 0.4) is 0 Å². The number of carbonyl (C=O) groups is 1. The van der Waals surface area contributed by atoms with E-state index in [9.17, 15) is 9.90 Å². The molecule has 6 nitrogen and oxygen atoms in total. The predicted molar refractivity (Wildman–Crippen MR) is 80.8 cm³/mol. The van der Waals surface area contributed by atoms with Crippen molar-refractivity contribution in [1.29, 1.82) is 0 Å². The number of rotatable bonds is 4. The molecule has 0 bridgehead atoms. The van der Waals surface area contributed by atoms with E-state index in [1.165, 1.54) is 0 Å². The molecule has 0 unspecified atom stereocenters. The molecule has 0 saturated heterocycles. The molecule has 1 aliphatic rings. The fraction of sp³-hybridized carbons (Fsp3) is 0.375. The molecule has 1 heterocycles. The number of benzene rings is 1. The van der Waals surface area contributed by atoms with Crippen LogP contribution >= 0.6 is 0 Å². The van der Waals surface area contributed by atoms with Gasteiger partial charge in [-0.3, -0.25) is 9.48 Å². The number of amides is 1. The maximum atomic E-state index is 12.4. The van der Waals surface area contributed by atoms with Gasteiger partial charge in [-0.2, -0.15) is 0 Å². The first-order valence-corrected chi connectivity index (χ1v) is 7.25. The lowest BCUT2D eigenvalue weighted by molar-refractivity contribution is -0.122. The third-order valence-electron chi connectivity index (χ3n) is 4.05. The highest BCUT2D eigenvalue weighted by Gasteiger charge is 2.31. The Morgan fingerprint density at radius 2 is 2.36 bits per heavy atom. The molecule has 0 radical (unpaired) electrons. The van der Waals surface area contributed by atoms with Crippen LogP contribution in [-0.2, 0) is 24.8 Å². The third kappa shape index (κ3) is 2.52. The summed E-state index contributed by atoms with van der Waals surface area (Å²) < 4.78 is 6.83. The average Bonchev–Trinajstić information content (AvgIpc) is 3.09. The lowest BCUT2D eigenvalue weighted by Gasteiger charge is -2.13. The van der Waals surface area contributed by atoms with Crippen molar-refractivity contribution in [3.05, 3.63) is 41.1 Å². The van der Waals surface area contributed by atoms with Gasteiger partial charge in [-0.05, 0) is 24.5 Å². The van der Waals surface area contributed by atoms with E-state index in [0.717, 1.165) is 29.5 Å². The van der Waals surface area contributed by atoms with Crippen LogP contribution in [0.5, 0.6) is 11.6 Å². The lowest BCUT2D eigenvalue weighted by atomic mass is 9.99. The van der Waals surface area contributed by atoms with Crippen molar-refractivity contribution in [2.24, 2.45) is 7.05 Å². The fourth-order valence-electron chi connectivity index (χ4n) is 3.04. The molecular formula is C16H19N3O3. The maximum absolute atomic E-state index is 12.4. The van der Waals surface area contributed by atoms with Gasteiger partial charge in [0.2, 0.25) is 11.8 Å². The molecule has 1 aromatic carbocycles. The minimum Gasteiger partial charge on any atom is -0.508 e. The van der Waals surface area contributed by atoms with Crippen LogP contribution in [0.4, 0.5) is 0 Å². The van der Waals surface area contributed by atoms with Crippen LogP contribution in [0.25, 0.3) is 0 Å². The topological polar surface area (TPSA) is 76.4 Å². The van der Waals surface area contributed by atoms with Crippen LogP contribution < -0.4 is 10.1 Å². The van der Waals surface area contributed by atoms with Gasteiger partial charge >= 0.3 is 0 Å². The Labute approximate surface area is 128 Å². The van der Waals surface area contributed by atoms with Crippen molar-refractivity contribution in [3.63, 3.8) is 0 Å². The number of nitrogens with one attached hydrogen (secondary N) is 1. The summed E-state index contributed by atoms with van der Waals surface area (Å²) in [6.07, 6.45) is 3.36. The lowest BCUT2D eigenvalue weighted by Crippen LogP contribution is -2.28. The molecule has 2 aromatic rings. The highest BCUT2D eigenvalue weighted by molar-refractivity contribution is 5.85. The quantitative estimate of drug-likeness (QED) is 0.897. The minimum absolute atomic E-state index is 0.0776. The molecule has 1 aliphatic carbocycles. The first-order valence-electron chi connectivity index (χ1n) is 7.25. The first-order chi connectivity index (χ1) is 10.6. The summed E-state index contributed by atoms with van der Waals surface area (Å²) in [7, 11) is 3.36. The molecule has 2 N–H and O–H groups in total. The van der Waals surface area contributed by atoms with Crippen LogP contribution in [0.15, 0.2) is 24.4 Å². The fourth-order valence-corrected chi connectivity index (χ4v) is 3.04. The number of hydrogen-bond acceptors (Lipinski definition) is 4. The van der Waals surface area contributed by atoms with Gasteiger partial charge in [0.05, 0.1) is 18.6 Å². The highest BCUT2D eigenvalue weighted by atomic mass is 16.5. The zero-order valence-electron chi connectivity index (χ0n) is 12.7. The number of hydrogen-bond donors (Lipinski definition) is 2. The van der Waals surface area contributed by atoms with Crippen LogP contribution in [0, 0.1) is 0 Å². The molecule has 0 aliphatic heterocycles. The number of methoxy groups -OCH3 is 1. The summed E-state index contributed by atoms with van der Waals surface area (Å²) in [5.74, 6) is 0.344. The van der Waals surface area contributed by atoms with Gasteiger partial charge in [0.25, 0.3) is 0 Å². The molecule has 1 amide bonds. The zero-order chi connectivity index (χ0) is 15.7. The zero-order valence-corrected chi connectivity index (χ0v) is 12.7. The van der Waals surface area contributed by atoms with Gasteiger partial charge < -0.3 is 15.2 Å². The van der Waals surface area contributed by atoms with E-state index in [1.807, 2.05) is 18.3 Å². The summed E-state index contributed by atoms with van der Waals surface area (Å²) in [5.41, 5.74) is 2.64. The van der Waals surface area contributed by atoms with E-state index < -0.39 is 0 Å². The van der Waals surface area contributed by atoms with Crippen LogP contribution in [-0.4, -0.2) is 27.9 Å². The van der Waals surface area contributed by atoms with E-state index in [-0.39, 0.29) is 17.6 Å². The Balaban J connectivity index is 1.72. The van der Waals surface area contributed by atoms with Crippen molar-refractivity contribution in [2.45, 2.75) is 25.3 Å². The summed E-state index contributed by atoms with van der Waals surface area (Å²) in [6.45, 7) is 0.356. The molecule has 116 valence electrons. The van der Waals surface area contributed by atoms with Gasteiger partial charge in [0.15, 0.2) is 0 Å². The average molecular weight is 301 g/mol. The van der Waals surface area contributed by atoms with E-state index in [4.69, 9.17) is 4.74 Å². The normalized spacial score (nSPS) is 16.4. The Kier molecular flexibility index (Phi) is 3.75. The van der Waals surface area contributed by atoms with E-state index in [1.54, 1.807) is 24.9 Å². The minimum atomic E-state index is -0.293. The number of aromatic nitrogens is 2. The Bertz CT molecular complexity index is 709.